The van der Waals surface area contributed by atoms with Crippen molar-refractivity contribution in [3.63, 3.8) is 0 Å². The molecule has 2 amide bonds. The molecule has 2 aliphatic carbocycles. The number of amides is 2. The predicted molar refractivity (Wildman–Crippen MR) is 150 cm³/mol. The van der Waals surface area contributed by atoms with Crippen molar-refractivity contribution in [2.24, 2.45) is 29.4 Å². The number of hydrogen-bond donors (Lipinski definition) is 3. The van der Waals surface area contributed by atoms with Crippen LogP contribution in [0.5, 0.6) is 0 Å². The van der Waals surface area contributed by atoms with Gasteiger partial charge in [0.15, 0.2) is 5.78 Å². The van der Waals surface area contributed by atoms with Crippen molar-refractivity contribution in [2.75, 3.05) is 13.2 Å². The molecule has 2 saturated carbocycles. The average Bonchev–Trinajstić information content (AvgIpc) is 3.71. The van der Waals surface area contributed by atoms with E-state index in [0.29, 0.717) is 23.8 Å². The van der Waals surface area contributed by atoms with E-state index >= 15 is 0 Å². The highest BCUT2D eigenvalue weighted by Crippen LogP contribution is 2.48. The average molecular weight is 580 g/mol. The quantitative estimate of drug-likeness (QED) is 0.175. The van der Waals surface area contributed by atoms with Gasteiger partial charge in [0.1, 0.15) is 24.3 Å². The molecule has 4 N–H and O–H groups in total. The predicted octanol–water partition coefficient (Wildman–Crippen LogP) is 2.16. The minimum atomic E-state index is -0.492. The number of ether oxygens (including phenoxy) is 1. The number of carbonyl (C=O) groups excluding carboxylic acids is 4. The lowest BCUT2D eigenvalue weighted by molar-refractivity contribution is -0.152. The topological polar surface area (TPSA) is 171 Å². The van der Waals surface area contributed by atoms with E-state index in [1.54, 1.807) is 18.2 Å². The van der Waals surface area contributed by atoms with E-state index in [-0.39, 0.29) is 71.8 Å². The Kier molecular flexibility index (Phi) is 8.54. The molecule has 5 rings (SSSR count). The number of fused-ring (bicyclic) bond motifs is 2. The largest absolute Gasteiger partial charge is 0.461 e. The maximum absolute atomic E-state index is 13.5. The van der Waals surface area contributed by atoms with E-state index in [4.69, 9.17) is 10.5 Å². The Labute approximate surface area is 240 Å². The molecule has 3 heterocycles. The smallest absolute Gasteiger partial charge is 0.309 e. The summed E-state index contributed by atoms with van der Waals surface area (Å²) in [5.41, 5.74) is 5.58. The van der Waals surface area contributed by atoms with Gasteiger partial charge in [-0.25, -0.2) is 4.98 Å². The van der Waals surface area contributed by atoms with Gasteiger partial charge in [-0.2, -0.15) is 14.6 Å². The second-order valence-electron chi connectivity index (χ2n) is 10.6. The molecule has 3 aromatic heterocycles. The number of ketones is 1. The van der Waals surface area contributed by atoms with Gasteiger partial charge in [-0.1, -0.05) is 19.6 Å². The van der Waals surface area contributed by atoms with Crippen molar-refractivity contribution >= 4 is 40.7 Å². The highest BCUT2D eigenvalue weighted by molar-refractivity contribution is 7.14. The molecular weight excluding hydrogens is 546 g/mol. The molecule has 2 unspecified atom stereocenters. The minimum Gasteiger partial charge on any atom is -0.461 e. The fourth-order valence-electron chi connectivity index (χ4n) is 6.21. The van der Waals surface area contributed by atoms with Crippen LogP contribution in [0.15, 0.2) is 37.2 Å². The number of carbonyl (C=O) groups is 4. The van der Waals surface area contributed by atoms with Crippen molar-refractivity contribution in [3.05, 3.63) is 58.3 Å². The standard InChI is InChI=1S/C28H33N7O5S/c1-3-10-40-27(39)18-5-6-19-17(15(18)2)7-8-20(19)33-26(38)22-11-21(34-28-31-14-32-35(22)28)23(36)13-30-12-16-4-9-24(41-16)25(29)37/h3-4,9,11,14-15,17-20,30H,1,5-8,10,12-13H2,2H3,(H2,29,37)(H,33,38)/t15-,17+,18?,19?,20+/m1/s1. The van der Waals surface area contributed by atoms with Crippen LogP contribution < -0.4 is 16.4 Å². The van der Waals surface area contributed by atoms with E-state index in [9.17, 15) is 19.2 Å². The van der Waals surface area contributed by atoms with Gasteiger partial charge in [0.05, 0.1) is 17.3 Å². The number of Topliss-reactive ketones (excluding diaryl/α,β-unsaturated/α-hetero) is 1. The number of aromatic nitrogens is 4. The van der Waals surface area contributed by atoms with Crippen LogP contribution in [0.1, 0.15) is 68.1 Å². The third-order valence-electron chi connectivity index (χ3n) is 8.22. The summed E-state index contributed by atoms with van der Waals surface area (Å²) in [7, 11) is 0. The third-order valence-corrected chi connectivity index (χ3v) is 9.32. The molecule has 2 aliphatic rings. The van der Waals surface area contributed by atoms with Gasteiger partial charge in [-0.3, -0.25) is 19.2 Å². The first-order chi connectivity index (χ1) is 19.8. The van der Waals surface area contributed by atoms with Crippen molar-refractivity contribution < 1.29 is 23.9 Å². The Morgan fingerprint density at radius 1 is 1.20 bits per heavy atom. The molecule has 0 bridgehead atoms. The summed E-state index contributed by atoms with van der Waals surface area (Å²) in [5.74, 6) is -0.605. The molecule has 0 spiro atoms. The summed E-state index contributed by atoms with van der Waals surface area (Å²) in [6.45, 7) is 6.27. The van der Waals surface area contributed by atoms with E-state index < -0.39 is 5.91 Å². The first kappa shape index (κ1) is 28.6. The zero-order valence-corrected chi connectivity index (χ0v) is 23.6. The van der Waals surface area contributed by atoms with Crippen LogP contribution in [0.2, 0.25) is 0 Å². The minimum absolute atomic E-state index is 0.0250. The second kappa shape index (κ2) is 12.3. The summed E-state index contributed by atoms with van der Waals surface area (Å²) in [5, 5.41) is 10.4. The van der Waals surface area contributed by atoms with Crippen LogP contribution >= 0.6 is 11.3 Å². The molecule has 3 aromatic rings. The molecule has 0 saturated heterocycles. The lowest BCUT2D eigenvalue weighted by atomic mass is 9.68. The molecule has 0 radical (unpaired) electrons. The Bertz CT molecular complexity index is 1480. The fourth-order valence-corrected chi connectivity index (χ4v) is 7.04. The number of nitrogens with one attached hydrogen (secondary N) is 2. The third kappa shape index (κ3) is 6.05. The molecule has 0 aliphatic heterocycles. The van der Waals surface area contributed by atoms with Crippen molar-refractivity contribution in [1.29, 1.82) is 0 Å². The number of primary amides is 1. The van der Waals surface area contributed by atoms with Crippen LogP contribution in [0.3, 0.4) is 0 Å². The highest BCUT2D eigenvalue weighted by Gasteiger charge is 2.47. The van der Waals surface area contributed by atoms with Crippen LogP contribution in [-0.4, -0.2) is 62.3 Å². The Hall–Kier alpha value is -3.97. The van der Waals surface area contributed by atoms with Gasteiger partial charge in [-0.05, 0) is 61.6 Å². The van der Waals surface area contributed by atoms with Crippen LogP contribution in [0, 0.1) is 23.7 Å². The summed E-state index contributed by atoms with van der Waals surface area (Å²) in [4.78, 5) is 60.0. The summed E-state index contributed by atoms with van der Waals surface area (Å²) in [6, 6.07) is 4.82. The Morgan fingerprint density at radius 2 is 2.00 bits per heavy atom. The van der Waals surface area contributed by atoms with Crippen LogP contribution in [0.4, 0.5) is 0 Å². The number of rotatable bonds is 11. The summed E-state index contributed by atoms with van der Waals surface area (Å²) < 4.78 is 6.65. The lowest BCUT2D eigenvalue weighted by Gasteiger charge is -2.38. The number of nitrogens with zero attached hydrogens (tertiary/aromatic N) is 4. The number of esters is 1. The number of thiophene rings is 1. The summed E-state index contributed by atoms with van der Waals surface area (Å²) >= 11 is 1.26. The summed E-state index contributed by atoms with van der Waals surface area (Å²) in [6.07, 6.45) is 6.12. The fraction of sp³-hybridized carbons (Fsp3) is 0.464. The Balaban J connectivity index is 1.24. The van der Waals surface area contributed by atoms with Gasteiger partial charge >= 0.3 is 5.97 Å². The van der Waals surface area contributed by atoms with E-state index in [0.717, 1.165) is 24.1 Å². The van der Waals surface area contributed by atoms with Gasteiger partial charge in [0.2, 0.25) is 0 Å². The molecule has 2 fully saturated rings. The zero-order chi connectivity index (χ0) is 29.1. The zero-order valence-electron chi connectivity index (χ0n) is 22.7. The number of hydrogen-bond acceptors (Lipinski definition) is 10. The van der Waals surface area contributed by atoms with E-state index in [2.05, 4.69) is 39.2 Å². The first-order valence-corrected chi connectivity index (χ1v) is 14.5. The van der Waals surface area contributed by atoms with Crippen LogP contribution in [0.25, 0.3) is 5.78 Å². The maximum Gasteiger partial charge on any atom is 0.309 e. The first-order valence-electron chi connectivity index (χ1n) is 13.7. The number of nitrogens with two attached hydrogens (primary N) is 1. The maximum atomic E-state index is 13.5. The van der Waals surface area contributed by atoms with E-state index in [1.807, 2.05) is 0 Å². The van der Waals surface area contributed by atoms with Gasteiger partial charge in [0, 0.05) is 17.5 Å². The molecular formula is C28H33N7O5S. The van der Waals surface area contributed by atoms with Crippen molar-refractivity contribution in [2.45, 2.75) is 45.2 Å². The van der Waals surface area contributed by atoms with E-state index in [1.165, 1.54) is 28.2 Å². The van der Waals surface area contributed by atoms with Gasteiger partial charge in [-0.15, -0.1) is 11.3 Å². The molecule has 216 valence electrons. The molecule has 0 aromatic carbocycles. The normalized spacial score (nSPS) is 23.6. The Morgan fingerprint density at radius 3 is 2.76 bits per heavy atom. The van der Waals surface area contributed by atoms with Crippen LogP contribution in [-0.2, 0) is 16.1 Å². The monoisotopic (exact) mass is 579 g/mol. The molecule has 41 heavy (non-hydrogen) atoms. The van der Waals surface area contributed by atoms with Crippen molar-refractivity contribution in [3.8, 4) is 0 Å². The SMILES string of the molecule is C=CCOC(=O)C1CCC2[C@@H](NC(=O)c3cc(C(=O)CNCc4ccc(C(N)=O)s4)nc4ncnn34)CC[C@H]2[C@H]1C. The molecule has 12 nitrogen and oxygen atoms in total. The van der Waals surface area contributed by atoms with Gasteiger partial charge in [0.25, 0.3) is 17.6 Å². The lowest BCUT2D eigenvalue weighted by Crippen LogP contribution is -2.44. The van der Waals surface area contributed by atoms with Gasteiger partial charge < -0.3 is 21.1 Å². The second-order valence-corrected chi connectivity index (χ2v) is 11.8. The van der Waals surface area contributed by atoms with Crippen molar-refractivity contribution in [1.82, 2.24) is 30.2 Å². The molecule has 5 atom stereocenters. The highest BCUT2D eigenvalue weighted by atomic mass is 32.1. The molecule has 13 heteroatoms.